The van der Waals surface area contributed by atoms with Crippen molar-refractivity contribution in [1.29, 1.82) is 0 Å². The van der Waals surface area contributed by atoms with Crippen molar-refractivity contribution in [1.82, 2.24) is 9.80 Å². The zero-order valence-electron chi connectivity index (χ0n) is 11.6. The first-order valence-corrected chi connectivity index (χ1v) is 6.91. The third-order valence-electron chi connectivity index (χ3n) is 3.33. The number of likely N-dealkylation sites (tertiary alicyclic amines) is 1. The Morgan fingerprint density at radius 1 is 1.30 bits per heavy atom. The van der Waals surface area contributed by atoms with Crippen molar-refractivity contribution in [2.24, 2.45) is 0 Å². The zero-order valence-corrected chi connectivity index (χ0v) is 12.4. The summed E-state index contributed by atoms with van der Waals surface area (Å²) in [6.45, 7) is 0.601. The predicted molar refractivity (Wildman–Crippen MR) is 78.9 cm³/mol. The minimum atomic E-state index is -0.364. The molecule has 6 heteroatoms. The molecule has 1 saturated heterocycles. The lowest BCUT2D eigenvalue weighted by Gasteiger charge is -2.26. The van der Waals surface area contributed by atoms with Gasteiger partial charge in [-0.15, -0.1) is 0 Å². The number of hydrogen-bond donors (Lipinski definition) is 1. The van der Waals surface area contributed by atoms with E-state index in [9.17, 15) is 9.59 Å². The van der Waals surface area contributed by atoms with E-state index < -0.39 is 0 Å². The van der Waals surface area contributed by atoms with Gasteiger partial charge in [0.2, 0.25) is 5.91 Å². The van der Waals surface area contributed by atoms with Gasteiger partial charge in [0.05, 0.1) is 0 Å². The number of benzene rings is 1. The lowest BCUT2D eigenvalue weighted by molar-refractivity contribution is -0.132. The molecule has 2 rings (SSSR count). The number of amides is 3. The molecule has 0 saturated carbocycles. The maximum absolute atomic E-state index is 12.2. The number of rotatable bonds is 2. The van der Waals surface area contributed by atoms with Gasteiger partial charge in [0, 0.05) is 31.4 Å². The quantitative estimate of drug-likeness (QED) is 0.911. The molecule has 1 unspecified atom stereocenters. The lowest BCUT2D eigenvalue weighted by atomic mass is 10.2. The Balaban J connectivity index is 2.04. The fourth-order valence-corrected chi connectivity index (χ4v) is 2.42. The van der Waals surface area contributed by atoms with Crippen molar-refractivity contribution in [3.63, 3.8) is 0 Å². The number of hydrogen-bond acceptors (Lipinski definition) is 2. The van der Waals surface area contributed by atoms with Gasteiger partial charge in [-0.2, -0.15) is 0 Å². The Morgan fingerprint density at radius 2 is 1.95 bits per heavy atom. The van der Waals surface area contributed by atoms with Gasteiger partial charge in [-0.05, 0) is 37.1 Å². The fourth-order valence-electron chi connectivity index (χ4n) is 2.29. The lowest BCUT2D eigenvalue weighted by Crippen LogP contribution is -2.47. The summed E-state index contributed by atoms with van der Waals surface area (Å²) in [4.78, 5) is 27.4. The maximum atomic E-state index is 12.2. The average Bonchev–Trinajstić information content (AvgIpc) is 2.89. The van der Waals surface area contributed by atoms with Crippen molar-refractivity contribution in [2.75, 3.05) is 26.0 Å². The summed E-state index contributed by atoms with van der Waals surface area (Å²) in [5, 5.41) is 3.41. The average molecular weight is 296 g/mol. The molecule has 1 aromatic rings. The fraction of sp³-hybridized carbons (Fsp3) is 0.429. The Bertz CT molecular complexity index is 502. The van der Waals surface area contributed by atoms with E-state index >= 15 is 0 Å². The molecule has 3 amide bonds. The van der Waals surface area contributed by atoms with Crippen LogP contribution in [0.1, 0.15) is 12.8 Å². The minimum absolute atomic E-state index is 0.0336. The van der Waals surface area contributed by atoms with E-state index in [1.807, 2.05) is 0 Å². The van der Waals surface area contributed by atoms with Gasteiger partial charge in [-0.1, -0.05) is 11.6 Å². The van der Waals surface area contributed by atoms with Crippen molar-refractivity contribution in [3.05, 3.63) is 29.3 Å². The molecule has 0 radical (unpaired) electrons. The maximum Gasteiger partial charge on any atom is 0.322 e. The molecule has 0 aromatic heterocycles. The first-order chi connectivity index (χ1) is 9.49. The molecule has 1 aromatic carbocycles. The first kappa shape index (κ1) is 14.7. The van der Waals surface area contributed by atoms with Gasteiger partial charge in [0.25, 0.3) is 0 Å². The molecule has 1 N–H and O–H groups in total. The highest BCUT2D eigenvalue weighted by Crippen LogP contribution is 2.21. The van der Waals surface area contributed by atoms with Crippen LogP contribution < -0.4 is 5.32 Å². The van der Waals surface area contributed by atoms with Crippen molar-refractivity contribution in [2.45, 2.75) is 18.9 Å². The van der Waals surface area contributed by atoms with Crippen LogP contribution in [-0.2, 0) is 4.79 Å². The molecular formula is C14H18ClN3O2. The number of anilines is 1. The number of nitrogens with zero attached hydrogens (tertiary/aromatic N) is 2. The van der Waals surface area contributed by atoms with Crippen molar-refractivity contribution >= 4 is 29.2 Å². The van der Waals surface area contributed by atoms with Gasteiger partial charge >= 0.3 is 6.03 Å². The van der Waals surface area contributed by atoms with E-state index in [0.29, 0.717) is 23.7 Å². The van der Waals surface area contributed by atoms with Crippen LogP contribution in [0, 0.1) is 0 Å². The monoisotopic (exact) mass is 295 g/mol. The van der Waals surface area contributed by atoms with Crippen LogP contribution in [0.4, 0.5) is 10.5 Å². The third-order valence-corrected chi connectivity index (χ3v) is 3.59. The van der Waals surface area contributed by atoms with Crippen LogP contribution in [0.2, 0.25) is 5.02 Å². The summed E-state index contributed by atoms with van der Waals surface area (Å²) in [6.07, 6.45) is 1.56. The molecule has 1 aliphatic rings. The van der Waals surface area contributed by atoms with Gasteiger partial charge in [-0.25, -0.2) is 4.79 Å². The molecule has 0 bridgehead atoms. The van der Waals surface area contributed by atoms with E-state index in [1.54, 1.807) is 43.3 Å². The molecule has 20 heavy (non-hydrogen) atoms. The SMILES string of the molecule is CN(C)C(=O)C1CCCN1C(=O)Nc1ccc(Cl)cc1. The number of nitrogens with one attached hydrogen (secondary N) is 1. The standard InChI is InChI=1S/C14H18ClN3O2/c1-17(2)13(19)12-4-3-9-18(12)14(20)16-11-7-5-10(15)6-8-11/h5-8,12H,3-4,9H2,1-2H3,(H,16,20). The van der Waals surface area contributed by atoms with Gasteiger partial charge in [-0.3, -0.25) is 4.79 Å². The van der Waals surface area contributed by atoms with Gasteiger partial charge in [0.1, 0.15) is 6.04 Å². The normalized spacial score (nSPS) is 17.9. The van der Waals surface area contributed by atoms with Gasteiger partial charge < -0.3 is 15.1 Å². The van der Waals surface area contributed by atoms with Crippen LogP contribution in [0.3, 0.4) is 0 Å². The van der Waals surface area contributed by atoms with Crippen LogP contribution in [0.15, 0.2) is 24.3 Å². The number of halogens is 1. The highest BCUT2D eigenvalue weighted by atomic mass is 35.5. The van der Waals surface area contributed by atoms with E-state index in [0.717, 1.165) is 6.42 Å². The van der Waals surface area contributed by atoms with Crippen molar-refractivity contribution < 1.29 is 9.59 Å². The molecule has 5 nitrogen and oxygen atoms in total. The second kappa shape index (κ2) is 6.13. The van der Waals surface area contributed by atoms with Crippen LogP contribution in [-0.4, -0.2) is 48.4 Å². The third kappa shape index (κ3) is 3.22. The van der Waals surface area contributed by atoms with E-state index in [1.165, 1.54) is 4.90 Å². The summed E-state index contributed by atoms with van der Waals surface area (Å²) in [5.41, 5.74) is 0.669. The summed E-state index contributed by atoms with van der Waals surface area (Å²) >= 11 is 5.80. The number of carbonyl (C=O) groups is 2. The minimum Gasteiger partial charge on any atom is -0.347 e. The number of likely N-dealkylation sites (N-methyl/N-ethyl adjacent to an activating group) is 1. The highest BCUT2D eigenvalue weighted by molar-refractivity contribution is 6.30. The van der Waals surface area contributed by atoms with E-state index in [-0.39, 0.29) is 18.0 Å². The smallest absolute Gasteiger partial charge is 0.322 e. The molecule has 0 spiro atoms. The molecular weight excluding hydrogens is 278 g/mol. The summed E-state index contributed by atoms with van der Waals surface area (Å²) < 4.78 is 0. The molecule has 1 aliphatic heterocycles. The molecule has 1 heterocycles. The van der Waals surface area contributed by atoms with Crippen LogP contribution in [0.5, 0.6) is 0 Å². The highest BCUT2D eigenvalue weighted by Gasteiger charge is 2.34. The van der Waals surface area contributed by atoms with Gasteiger partial charge in [0.15, 0.2) is 0 Å². The topological polar surface area (TPSA) is 52.7 Å². The Labute approximate surface area is 123 Å². The predicted octanol–water partition coefficient (Wildman–Crippen LogP) is 2.42. The van der Waals surface area contributed by atoms with Crippen LogP contribution in [0.25, 0.3) is 0 Å². The Morgan fingerprint density at radius 3 is 2.55 bits per heavy atom. The second-order valence-electron chi connectivity index (χ2n) is 5.02. The van der Waals surface area contributed by atoms with Crippen molar-refractivity contribution in [3.8, 4) is 0 Å². The molecule has 108 valence electrons. The van der Waals surface area contributed by atoms with E-state index in [4.69, 9.17) is 11.6 Å². The summed E-state index contributed by atoms with van der Waals surface area (Å²) in [6, 6.07) is 6.29. The Hall–Kier alpha value is -1.75. The largest absolute Gasteiger partial charge is 0.347 e. The molecule has 0 aliphatic carbocycles. The number of urea groups is 1. The summed E-state index contributed by atoms with van der Waals surface area (Å²) in [7, 11) is 3.41. The van der Waals surface area contributed by atoms with E-state index in [2.05, 4.69) is 5.32 Å². The first-order valence-electron chi connectivity index (χ1n) is 6.53. The van der Waals surface area contributed by atoms with Crippen LogP contribution >= 0.6 is 11.6 Å². The molecule has 1 atom stereocenters. The number of carbonyl (C=O) groups excluding carboxylic acids is 2. The Kier molecular flexibility index (Phi) is 4.49. The summed E-state index contributed by atoms with van der Waals surface area (Å²) in [5.74, 6) is -0.0336. The zero-order chi connectivity index (χ0) is 14.7. The molecule has 1 fully saturated rings. The second-order valence-corrected chi connectivity index (χ2v) is 5.46.